The molecule has 1 saturated heterocycles. The van der Waals surface area contributed by atoms with E-state index in [4.69, 9.17) is 13.9 Å². The maximum absolute atomic E-state index is 5.79. The molecule has 3 rings (SSSR count). The van der Waals surface area contributed by atoms with Crippen LogP contribution >= 0.6 is 0 Å². The molecule has 3 heterocycles. The summed E-state index contributed by atoms with van der Waals surface area (Å²) < 4.78 is 18.2. The Kier molecular flexibility index (Phi) is 4.59. The van der Waals surface area contributed by atoms with Crippen LogP contribution in [-0.4, -0.2) is 63.8 Å². The van der Waals surface area contributed by atoms with Gasteiger partial charge in [-0.15, -0.1) is 10.2 Å². The van der Waals surface area contributed by atoms with E-state index in [1.54, 1.807) is 11.8 Å². The number of methoxy groups -OCH3 is 1. The number of morpholine rings is 1. The molecule has 22 heavy (non-hydrogen) atoms. The summed E-state index contributed by atoms with van der Waals surface area (Å²) in [6.45, 7) is 4.91. The first-order valence-corrected chi connectivity index (χ1v) is 7.25. The van der Waals surface area contributed by atoms with Gasteiger partial charge in [0, 0.05) is 20.1 Å². The van der Waals surface area contributed by atoms with Crippen molar-refractivity contribution < 1.29 is 13.9 Å². The Morgan fingerprint density at radius 3 is 3.00 bits per heavy atom. The minimum atomic E-state index is -0.238. The number of ether oxygens (including phenoxy) is 2. The highest BCUT2D eigenvalue weighted by molar-refractivity contribution is 5.26. The molecule has 2 aromatic heterocycles. The lowest BCUT2D eigenvalue weighted by Gasteiger charge is -2.30. The zero-order valence-electron chi connectivity index (χ0n) is 12.7. The lowest BCUT2D eigenvalue weighted by molar-refractivity contribution is 0.0283. The fourth-order valence-corrected chi connectivity index (χ4v) is 2.27. The second kappa shape index (κ2) is 6.79. The van der Waals surface area contributed by atoms with Crippen LogP contribution in [0.4, 0.5) is 6.01 Å². The van der Waals surface area contributed by atoms with Gasteiger partial charge < -0.3 is 18.8 Å². The van der Waals surface area contributed by atoms with E-state index < -0.39 is 0 Å². The van der Waals surface area contributed by atoms with Gasteiger partial charge in [0.15, 0.2) is 5.82 Å². The predicted octanol–water partition coefficient (Wildman–Crippen LogP) is -0.157. The van der Waals surface area contributed by atoms with Crippen molar-refractivity contribution in [2.24, 2.45) is 0 Å². The lowest BCUT2D eigenvalue weighted by atomic mass is 10.2. The Hall–Kier alpha value is -2.07. The van der Waals surface area contributed by atoms with Crippen LogP contribution in [0.15, 0.2) is 4.42 Å². The fraction of sp³-hybridized carbons (Fsp3) is 0.750. The van der Waals surface area contributed by atoms with Gasteiger partial charge in [-0.2, -0.15) is 0 Å². The van der Waals surface area contributed by atoms with E-state index in [9.17, 15) is 0 Å². The van der Waals surface area contributed by atoms with Crippen LogP contribution in [0, 0.1) is 0 Å². The van der Waals surface area contributed by atoms with Crippen molar-refractivity contribution in [3.8, 4) is 0 Å². The van der Waals surface area contributed by atoms with Crippen molar-refractivity contribution >= 4 is 6.01 Å². The van der Waals surface area contributed by atoms with Gasteiger partial charge >= 0.3 is 6.01 Å². The Morgan fingerprint density at radius 1 is 1.32 bits per heavy atom. The molecule has 0 N–H and O–H groups in total. The average molecular weight is 309 g/mol. The lowest BCUT2D eigenvalue weighted by Crippen LogP contribution is -2.39. The number of rotatable bonds is 6. The van der Waals surface area contributed by atoms with Crippen molar-refractivity contribution in [3.63, 3.8) is 0 Å². The Balaban J connectivity index is 1.71. The van der Waals surface area contributed by atoms with Gasteiger partial charge in [-0.25, -0.2) is 4.68 Å². The average Bonchev–Trinajstić information content (AvgIpc) is 3.22. The molecule has 0 unspecified atom stereocenters. The van der Waals surface area contributed by atoms with Crippen LogP contribution in [0.25, 0.3) is 0 Å². The van der Waals surface area contributed by atoms with E-state index in [2.05, 4.69) is 25.7 Å². The molecule has 0 aliphatic carbocycles. The van der Waals surface area contributed by atoms with E-state index in [1.165, 1.54) is 0 Å². The Morgan fingerprint density at radius 2 is 2.23 bits per heavy atom. The summed E-state index contributed by atoms with van der Waals surface area (Å²) in [7, 11) is 1.64. The minimum absolute atomic E-state index is 0.238. The Bertz CT molecular complexity index is 599. The molecule has 120 valence electrons. The van der Waals surface area contributed by atoms with Gasteiger partial charge in [0.2, 0.25) is 5.89 Å². The van der Waals surface area contributed by atoms with Crippen LogP contribution in [-0.2, 0) is 22.4 Å². The quantitative estimate of drug-likeness (QED) is 0.719. The van der Waals surface area contributed by atoms with Crippen LogP contribution < -0.4 is 4.90 Å². The van der Waals surface area contributed by atoms with Crippen molar-refractivity contribution in [3.05, 3.63) is 11.7 Å². The number of hydrogen-bond acceptors (Lipinski definition) is 9. The van der Waals surface area contributed by atoms with Crippen LogP contribution in [0.5, 0.6) is 0 Å². The fourth-order valence-electron chi connectivity index (χ4n) is 2.27. The first-order chi connectivity index (χ1) is 10.8. The van der Waals surface area contributed by atoms with Crippen LogP contribution in [0.1, 0.15) is 24.7 Å². The van der Waals surface area contributed by atoms with Crippen molar-refractivity contribution in [1.82, 2.24) is 30.4 Å². The summed E-state index contributed by atoms with van der Waals surface area (Å²) in [5.41, 5.74) is 0. The van der Waals surface area contributed by atoms with E-state index in [0.717, 1.165) is 6.42 Å². The number of aromatic nitrogens is 6. The van der Waals surface area contributed by atoms with E-state index >= 15 is 0 Å². The molecule has 1 aliphatic rings. The van der Waals surface area contributed by atoms with Gasteiger partial charge in [0.05, 0.1) is 26.3 Å². The highest BCUT2D eigenvalue weighted by Crippen LogP contribution is 2.23. The van der Waals surface area contributed by atoms with Gasteiger partial charge in [-0.1, -0.05) is 12.0 Å². The number of tetrazole rings is 1. The van der Waals surface area contributed by atoms with E-state index in [0.29, 0.717) is 50.6 Å². The Labute approximate surface area is 127 Å². The molecule has 2 aromatic rings. The zero-order valence-corrected chi connectivity index (χ0v) is 12.7. The van der Waals surface area contributed by atoms with E-state index in [-0.39, 0.29) is 6.10 Å². The molecular weight excluding hydrogens is 290 g/mol. The number of nitrogens with zero attached hydrogens (tertiary/aromatic N) is 7. The monoisotopic (exact) mass is 309 g/mol. The first kappa shape index (κ1) is 14.9. The number of anilines is 1. The van der Waals surface area contributed by atoms with Gasteiger partial charge in [0.25, 0.3) is 0 Å². The summed E-state index contributed by atoms with van der Waals surface area (Å²) in [5.74, 6) is 1.31. The third-order valence-electron chi connectivity index (χ3n) is 3.45. The topological polar surface area (TPSA) is 104 Å². The molecule has 0 amide bonds. The third kappa shape index (κ3) is 3.07. The maximum Gasteiger partial charge on any atom is 0.318 e. The highest BCUT2D eigenvalue weighted by atomic mass is 16.5. The van der Waals surface area contributed by atoms with Crippen molar-refractivity contribution in [2.75, 3.05) is 38.3 Å². The molecule has 0 saturated carbocycles. The van der Waals surface area contributed by atoms with Gasteiger partial charge in [-0.3, -0.25) is 0 Å². The summed E-state index contributed by atoms with van der Waals surface area (Å²) in [6, 6.07) is 0.515. The largest absolute Gasteiger partial charge is 0.408 e. The van der Waals surface area contributed by atoms with Crippen molar-refractivity contribution in [1.29, 1.82) is 0 Å². The normalized spacial score (nSPS) is 18.8. The standard InChI is InChI=1S/C12H19N7O3/c1-3-10-13-15-12(22-10)18-4-7-21-9(8-18)11-14-16-17-19(11)5-6-20-2/h9H,3-8H2,1-2H3/t9-/m1/s1. The second-order valence-electron chi connectivity index (χ2n) is 4.89. The van der Waals surface area contributed by atoms with Crippen LogP contribution in [0.2, 0.25) is 0 Å². The maximum atomic E-state index is 5.79. The summed E-state index contributed by atoms with van der Waals surface area (Å²) >= 11 is 0. The molecule has 1 aliphatic heterocycles. The molecule has 0 radical (unpaired) electrons. The molecule has 0 bridgehead atoms. The molecule has 0 spiro atoms. The van der Waals surface area contributed by atoms with Gasteiger partial charge in [0.1, 0.15) is 6.10 Å². The van der Waals surface area contributed by atoms with Crippen LogP contribution in [0.3, 0.4) is 0 Å². The molecule has 10 nitrogen and oxygen atoms in total. The summed E-state index contributed by atoms with van der Waals surface area (Å²) in [4.78, 5) is 2.00. The smallest absolute Gasteiger partial charge is 0.318 e. The minimum Gasteiger partial charge on any atom is -0.408 e. The van der Waals surface area contributed by atoms with E-state index in [1.807, 2.05) is 11.8 Å². The van der Waals surface area contributed by atoms with Crippen molar-refractivity contribution in [2.45, 2.75) is 26.0 Å². The number of aryl methyl sites for hydroxylation is 1. The molecule has 1 fully saturated rings. The highest BCUT2D eigenvalue weighted by Gasteiger charge is 2.29. The zero-order chi connectivity index (χ0) is 15.4. The molecule has 0 aromatic carbocycles. The predicted molar refractivity (Wildman–Crippen MR) is 74.3 cm³/mol. The second-order valence-corrected chi connectivity index (χ2v) is 4.89. The SMILES string of the molecule is CCc1nnc(N2CCO[C@@H](c3nnnn3CCOC)C2)o1. The first-order valence-electron chi connectivity index (χ1n) is 7.25. The molecular formula is C12H19N7O3. The third-order valence-corrected chi connectivity index (χ3v) is 3.45. The molecule has 1 atom stereocenters. The summed E-state index contributed by atoms with van der Waals surface area (Å²) in [5, 5.41) is 19.8. The van der Waals surface area contributed by atoms with Gasteiger partial charge in [-0.05, 0) is 10.4 Å². The summed E-state index contributed by atoms with van der Waals surface area (Å²) in [6.07, 6.45) is 0.480. The molecule has 10 heteroatoms. The number of hydrogen-bond donors (Lipinski definition) is 0.